The first kappa shape index (κ1) is 13.9. The molecule has 1 aliphatic rings. The monoisotopic (exact) mass is 305 g/mol. The number of anilines is 1. The van der Waals surface area contributed by atoms with Gasteiger partial charge in [-0.3, -0.25) is 14.5 Å². The first-order valence-electron chi connectivity index (χ1n) is 6.58. The summed E-state index contributed by atoms with van der Waals surface area (Å²) in [4.78, 5) is 32.4. The van der Waals surface area contributed by atoms with E-state index in [1.54, 1.807) is 12.0 Å². The maximum absolute atomic E-state index is 12.1. The number of rotatable bonds is 3. The van der Waals surface area contributed by atoms with Crippen LogP contribution in [0.4, 0.5) is 5.95 Å². The molecule has 1 saturated heterocycles. The molecule has 1 unspecified atom stereocenters. The molecule has 1 N–H and O–H groups in total. The number of H-pyrrole nitrogens is 1. The lowest BCUT2D eigenvalue weighted by atomic mass is 10.3. The van der Waals surface area contributed by atoms with Crippen molar-refractivity contribution < 1.29 is 14.3 Å². The topological polar surface area (TPSA) is 75.3 Å². The molecule has 1 aromatic carbocycles. The summed E-state index contributed by atoms with van der Waals surface area (Å²) in [5, 5.41) is 0.0294. The van der Waals surface area contributed by atoms with E-state index in [9.17, 15) is 9.59 Å². The number of aromatic amines is 1. The first-order chi connectivity index (χ1) is 10.1. The SMILES string of the molecule is COc1ccc2nc(N3CC(SC(C)=O)CC3=O)[nH]c2c1. The minimum absolute atomic E-state index is 0.00208. The lowest BCUT2D eigenvalue weighted by molar-refractivity contribution is -0.117. The van der Waals surface area contributed by atoms with Gasteiger partial charge in [0.25, 0.3) is 0 Å². The Morgan fingerprint density at radius 3 is 3.05 bits per heavy atom. The van der Waals surface area contributed by atoms with Crippen LogP contribution in [0.5, 0.6) is 5.75 Å². The van der Waals surface area contributed by atoms with E-state index in [4.69, 9.17) is 4.74 Å². The molecule has 7 heteroatoms. The highest BCUT2D eigenvalue weighted by Gasteiger charge is 2.33. The van der Waals surface area contributed by atoms with Gasteiger partial charge < -0.3 is 9.72 Å². The quantitative estimate of drug-likeness (QED) is 0.938. The van der Waals surface area contributed by atoms with Crippen LogP contribution < -0.4 is 9.64 Å². The third-order valence-corrected chi connectivity index (χ3v) is 4.34. The summed E-state index contributed by atoms with van der Waals surface area (Å²) >= 11 is 1.21. The summed E-state index contributed by atoms with van der Waals surface area (Å²) in [6.07, 6.45) is 0.366. The van der Waals surface area contributed by atoms with Crippen molar-refractivity contribution in [2.24, 2.45) is 0 Å². The van der Waals surface area contributed by atoms with Crippen molar-refractivity contribution in [1.82, 2.24) is 9.97 Å². The maximum Gasteiger partial charge on any atom is 0.230 e. The predicted octanol–water partition coefficient (Wildman–Crippen LogP) is 1.96. The minimum atomic E-state index is -0.0141. The molecular weight excluding hydrogens is 290 g/mol. The van der Waals surface area contributed by atoms with E-state index in [0.717, 1.165) is 16.8 Å². The van der Waals surface area contributed by atoms with Crippen LogP contribution in [0.1, 0.15) is 13.3 Å². The normalized spacial score (nSPS) is 18.5. The van der Waals surface area contributed by atoms with Gasteiger partial charge in [0, 0.05) is 31.2 Å². The Hall–Kier alpha value is -2.02. The summed E-state index contributed by atoms with van der Waals surface area (Å²) in [5.41, 5.74) is 1.60. The molecule has 1 aromatic heterocycles. The van der Waals surface area contributed by atoms with Crippen LogP contribution >= 0.6 is 11.8 Å². The number of nitrogens with zero attached hydrogens (tertiary/aromatic N) is 2. The van der Waals surface area contributed by atoms with Crippen LogP contribution in [-0.2, 0) is 9.59 Å². The van der Waals surface area contributed by atoms with Crippen LogP contribution in [0.2, 0.25) is 0 Å². The van der Waals surface area contributed by atoms with E-state index < -0.39 is 0 Å². The fraction of sp³-hybridized carbons (Fsp3) is 0.357. The molecule has 0 bridgehead atoms. The number of thioether (sulfide) groups is 1. The number of carbonyl (C=O) groups is 2. The van der Waals surface area contributed by atoms with Gasteiger partial charge in [-0.25, -0.2) is 4.98 Å². The number of aromatic nitrogens is 2. The summed E-state index contributed by atoms with van der Waals surface area (Å²) in [5.74, 6) is 1.24. The Kier molecular flexibility index (Phi) is 3.59. The molecule has 0 spiro atoms. The molecule has 1 atom stereocenters. The molecule has 0 aliphatic carbocycles. The molecule has 2 aromatic rings. The number of methoxy groups -OCH3 is 1. The third-order valence-electron chi connectivity index (χ3n) is 3.35. The second kappa shape index (κ2) is 5.40. The van der Waals surface area contributed by atoms with E-state index >= 15 is 0 Å². The van der Waals surface area contributed by atoms with E-state index in [2.05, 4.69) is 9.97 Å². The molecule has 2 heterocycles. The highest BCUT2D eigenvalue weighted by molar-refractivity contribution is 8.14. The van der Waals surface area contributed by atoms with E-state index in [-0.39, 0.29) is 16.3 Å². The van der Waals surface area contributed by atoms with Gasteiger partial charge in [-0.2, -0.15) is 0 Å². The molecule has 21 heavy (non-hydrogen) atoms. The van der Waals surface area contributed by atoms with Crippen molar-refractivity contribution in [1.29, 1.82) is 0 Å². The van der Waals surface area contributed by atoms with E-state index in [0.29, 0.717) is 18.9 Å². The zero-order valence-corrected chi connectivity index (χ0v) is 12.6. The van der Waals surface area contributed by atoms with Gasteiger partial charge in [0.05, 0.1) is 18.1 Å². The van der Waals surface area contributed by atoms with Gasteiger partial charge in [0.1, 0.15) is 5.75 Å². The molecule has 110 valence electrons. The van der Waals surface area contributed by atoms with Crippen molar-refractivity contribution in [2.45, 2.75) is 18.6 Å². The fourth-order valence-electron chi connectivity index (χ4n) is 2.42. The van der Waals surface area contributed by atoms with Crippen molar-refractivity contribution in [3.63, 3.8) is 0 Å². The number of benzene rings is 1. The molecule has 0 radical (unpaired) electrons. The average Bonchev–Trinajstić information content (AvgIpc) is 3.00. The summed E-state index contributed by atoms with van der Waals surface area (Å²) in [7, 11) is 1.60. The lowest BCUT2D eigenvalue weighted by Gasteiger charge is -2.12. The van der Waals surface area contributed by atoms with Crippen LogP contribution in [-0.4, -0.2) is 39.9 Å². The Morgan fingerprint density at radius 1 is 1.52 bits per heavy atom. The van der Waals surface area contributed by atoms with E-state index in [1.165, 1.54) is 18.7 Å². The number of fused-ring (bicyclic) bond motifs is 1. The van der Waals surface area contributed by atoms with Crippen molar-refractivity contribution in [3.05, 3.63) is 18.2 Å². The second-order valence-corrected chi connectivity index (χ2v) is 6.36. The Labute approximate surface area is 125 Å². The van der Waals surface area contributed by atoms with Crippen molar-refractivity contribution >= 4 is 39.8 Å². The highest BCUT2D eigenvalue weighted by Crippen LogP contribution is 2.29. The minimum Gasteiger partial charge on any atom is -0.497 e. The number of hydrogen-bond donors (Lipinski definition) is 1. The summed E-state index contributed by atoms with van der Waals surface area (Å²) in [6, 6.07) is 5.51. The molecule has 0 saturated carbocycles. The summed E-state index contributed by atoms with van der Waals surface area (Å²) in [6.45, 7) is 2.02. The van der Waals surface area contributed by atoms with Crippen LogP contribution in [0.15, 0.2) is 18.2 Å². The zero-order chi connectivity index (χ0) is 15.0. The maximum atomic E-state index is 12.1. The van der Waals surface area contributed by atoms with Crippen LogP contribution in [0.3, 0.4) is 0 Å². The van der Waals surface area contributed by atoms with E-state index in [1.807, 2.05) is 18.2 Å². The zero-order valence-electron chi connectivity index (χ0n) is 11.8. The van der Waals surface area contributed by atoms with Crippen LogP contribution in [0.25, 0.3) is 11.0 Å². The standard InChI is InChI=1S/C14H15N3O3S/c1-8(18)21-10-6-13(19)17(7-10)14-15-11-4-3-9(20-2)5-12(11)16-14/h3-5,10H,6-7H2,1-2H3,(H,15,16). The predicted molar refractivity (Wildman–Crippen MR) is 81.7 cm³/mol. The molecule has 1 amide bonds. The van der Waals surface area contributed by atoms with Gasteiger partial charge in [-0.1, -0.05) is 11.8 Å². The Bertz CT molecular complexity index is 713. The van der Waals surface area contributed by atoms with Gasteiger partial charge in [-0.05, 0) is 12.1 Å². The number of hydrogen-bond acceptors (Lipinski definition) is 5. The number of carbonyl (C=O) groups excluding carboxylic acids is 2. The molecule has 3 rings (SSSR count). The highest BCUT2D eigenvalue weighted by atomic mass is 32.2. The molecule has 1 aliphatic heterocycles. The lowest BCUT2D eigenvalue weighted by Crippen LogP contribution is -2.26. The number of nitrogens with one attached hydrogen (secondary N) is 1. The van der Waals surface area contributed by atoms with Crippen molar-refractivity contribution in [2.75, 3.05) is 18.6 Å². The van der Waals surface area contributed by atoms with Gasteiger partial charge in [-0.15, -0.1) is 0 Å². The third kappa shape index (κ3) is 2.73. The molecule has 6 nitrogen and oxygen atoms in total. The fourth-order valence-corrected chi connectivity index (χ4v) is 3.34. The van der Waals surface area contributed by atoms with Crippen molar-refractivity contribution in [3.8, 4) is 5.75 Å². The number of ether oxygens (including phenoxy) is 1. The van der Waals surface area contributed by atoms with Gasteiger partial charge in [0.2, 0.25) is 11.9 Å². The largest absolute Gasteiger partial charge is 0.497 e. The Balaban J connectivity index is 1.86. The van der Waals surface area contributed by atoms with Crippen LogP contribution in [0, 0.1) is 0 Å². The first-order valence-corrected chi connectivity index (χ1v) is 7.46. The summed E-state index contributed by atoms with van der Waals surface area (Å²) < 4.78 is 5.17. The number of imidazole rings is 1. The molecule has 1 fully saturated rings. The molecular formula is C14H15N3O3S. The smallest absolute Gasteiger partial charge is 0.230 e. The van der Waals surface area contributed by atoms with Gasteiger partial charge >= 0.3 is 0 Å². The Morgan fingerprint density at radius 2 is 2.33 bits per heavy atom. The second-order valence-electron chi connectivity index (χ2n) is 4.88. The average molecular weight is 305 g/mol. The number of amides is 1. The van der Waals surface area contributed by atoms with Gasteiger partial charge in [0.15, 0.2) is 5.12 Å².